The van der Waals surface area contributed by atoms with E-state index in [0.29, 0.717) is 0 Å². The van der Waals surface area contributed by atoms with E-state index in [1.165, 1.54) is 141 Å². The Hall–Kier alpha value is -9.01. The molecule has 0 aliphatic carbocycles. The SMILES string of the molecule is c1ccc2c(-c3cc(-c4cccc5ccccc45)c(Sc4c(-c5cccc6ccccc56)cc(-c5cccc6ccccc56)cc4-c4cccc5ccccc45)c(-c4cccc5ccccc45)c3)cccc2c1. The Labute approximate surface area is 429 Å². The van der Waals surface area contributed by atoms with Crippen LogP contribution in [0.1, 0.15) is 0 Å². The lowest BCUT2D eigenvalue weighted by Gasteiger charge is -2.24. The summed E-state index contributed by atoms with van der Waals surface area (Å²) in [4.78, 5) is 2.41. The monoisotopic (exact) mass is 942 g/mol. The van der Waals surface area contributed by atoms with Gasteiger partial charge in [-0.05, 0) is 156 Å². The first kappa shape index (κ1) is 42.8. The molecule has 0 saturated carbocycles. The highest BCUT2D eigenvalue weighted by Crippen LogP contribution is 2.54. The van der Waals surface area contributed by atoms with Gasteiger partial charge in [-0.25, -0.2) is 0 Å². The van der Waals surface area contributed by atoms with Crippen LogP contribution >= 0.6 is 11.8 Å². The van der Waals surface area contributed by atoms with E-state index < -0.39 is 0 Å². The second-order valence-corrected chi connectivity index (χ2v) is 20.1. The van der Waals surface area contributed by atoms with Crippen LogP contribution in [0.4, 0.5) is 0 Å². The fourth-order valence-electron chi connectivity index (χ4n) is 11.5. The van der Waals surface area contributed by atoms with Crippen LogP contribution in [-0.2, 0) is 0 Å². The molecule has 0 nitrogen and oxygen atoms in total. The van der Waals surface area contributed by atoms with Crippen molar-refractivity contribution in [1.29, 1.82) is 0 Å². The van der Waals surface area contributed by atoms with E-state index in [2.05, 4.69) is 279 Å². The van der Waals surface area contributed by atoms with Gasteiger partial charge < -0.3 is 0 Å². The summed E-state index contributed by atoms with van der Waals surface area (Å²) in [5, 5.41) is 14.7. The van der Waals surface area contributed by atoms with Gasteiger partial charge in [-0.3, -0.25) is 0 Å². The summed E-state index contributed by atoms with van der Waals surface area (Å²) in [6, 6.07) is 104. The molecular weight excluding hydrogens is 897 g/mol. The predicted molar refractivity (Wildman–Crippen MR) is 315 cm³/mol. The van der Waals surface area contributed by atoms with Crippen LogP contribution in [0.2, 0.25) is 0 Å². The summed E-state index contributed by atoms with van der Waals surface area (Å²) in [5.74, 6) is 0. The van der Waals surface area contributed by atoms with Gasteiger partial charge >= 0.3 is 0 Å². The summed E-state index contributed by atoms with van der Waals surface area (Å²) >= 11 is 1.92. The second-order valence-electron chi connectivity index (χ2n) is 19.1. The standard InChI is InChI=1S/C72H46S/c1-7-31-55-47(19-1)25-13-37-61(55)53-43-67(63-39-15-27-49-21-3-9-33-57(49)63)71(68(44-53)64-40-16-28-50-22-4-10-34-58(50)64)73-72-69(65-41-17-29-51-23-5-11-35-59(51)65)45-54(62-38-14-26-48-20-2-8-32-56(48)62)46-70(72)66-42-18-30-52-24-6-12-36-60(52)66/h1-46H. The minimum atomic E-state index is 1.18. The summed E-state index contributed by atoms with van der Waals surface area (Å²) in [7, 11) is 0. The van der Waals surface area contributed by atoms with Crippen LogP contribution < -0.4 is 0 Å². The second kappa shape index (κ2) is 18.0. The maximum absolute atomic E-state index is 2.49. The van der Waals surface area contributed by atoms with Crippen LogP contribution in [0.3, 0.4) is 0 Å². The van der Waals surface area contributed by atoms with E-state index in [-0.39, 0.29) is 0 Å². The lowest BCUT2D eigenvalue weighted by atomic mass is 9.88. The highest BCUT2D eigenvalue weighted by molar-refractivity contribution is 8.00. The van der Waals surface area contributed by atoms with Gasteiger partial charge in [0.1, 0.15) is 0 Å². The Balaban J connectivity index is 1.16. The lowest BCUT2D eigenvalue weighted by Crippen LogP contribution is -1.97. The first-order valence-corrected chi connectivity index (χ1v) is 26.0. The smallest absolute Gasteiger partial charge is 0.0280 e. The Bertz CT molecular complexity index is 3960. The molecule has 14 rings (SSSR count). The minimum absolute atomic E-state index is 1.18. The number of fused-ring (bicyclic) bond motifs is 6. The fraction of sp³-hybridized carbons (Fsp3) is 0. The van der Waals surface area contributed by atoms with Gasteiger partial charge in [0.15, 0.2) is 0 Å². The van der Waals surface area contributed by atoms with Crippen molar-refractivity contribution < 1.29 is 0 Å². The van der Waals surface area contributed by atoms with E-state index >= 15 is 0 Å². The molecule has 0 N–H and O–H groups in total. The molecule has 0 fully saturated rings. The van der Waals surface area contributed by atoms with Gasteiger partial charge in [0.2, 0.25) is 0 Å². The average molecular weight is 943 g/mol. The maximum atomic E-state index is 2.49. The highest BCUT2D eigenvalue weighted by atomic mass is 32.2. The molecule has 0 atom stereocenters. The molecule has 14 aromatic carbocycles. The van der Waals surface area contributed by atoms with Gasteiger partial charge in [-0.1, -0.05) is 267 Å². The van der Waals surface area contributed by atoms with Gasteiger partial charge in [0.05, 0.1) is 0 Å². The normalized spacial score (nSPS) is 11.6. The maximum Gasteiger partial charge on any atom is 0.0280 e. The summed E-state index contributed by atoms with van der Waals surface area (Å²) in [6.07, 6.45) is 0. The lowest BCUT2D eigenvalue weighted by molar-refractivity contribution is 1.40. The van der Waals surface area contributed by atoms with Crippen molar-refractivity contribution in [3.8, 4) is 66.8 Å². The van der Waals surface area contributed by atoms with Crippen molar-refractivity contribution in [3.05, 3.63) is 279 Å². The van der Waals surface area contributed by atoms with Crippen molar-refractivity contribution in [3.63, 3.8) is 0 Å². The third-order valence-electron chi connectivity index (χ3n) is 14.9. The van der Waals surface area contributed by atoms with E-state index in [9.17, 15) is 0 Å². The molecule has 0 unspecified atom stereocenters. The zero-order chi connectivity index (χ0) is 48.2. The van der Waals surface area contributed by atoms with E-state index in [1.54, 1.807) is 0 Å². The highest BCUT2D eigenvalue weighted by Gasteiger charge is 2.26. The molecule has 0 spiro atoms. The van der Waals surface area contributed by atoms with Crippen LogP contribution in [0, 0.1) is 0 Å². The number of hydrogen-bond acceptors (Lipinski definition) is 1. The van der Waals surface area contributed by atoms with Crippen LogP contribution in [0.15, 0.2) is 289 Å². The summed E-state index contributed by atoms with van der Waals surface area (Å²) < 4.78 is 0. The minimum Gasteiger partial charge on any atom is -0.0875 e. The summed E-state index contributed by atoms with van der Waals surface area (Å²) in [6.45, 7) is 0. The molecule has 1 heteroatoms. The Morgan fingerprint density at radius 3 is 0.603 bits per heavy atom. The molecule has 340 valence electrons. The van der Waals surface area contributed by atoms with Crippen molar-refractivity contribution in [2.45, 2.75) is 9.79 Å². The zero-order valence-electron chi connectivity index (χ0n) is 40.0. The Kier molecular flexibility index (Phi) is 10.6. The molecule has 14 aromatic rings. The van der Waals surface area contributed by atoms with E-state index in [4.69, 9.17) is 0 Å². The Morgan fingerprint density at radius 1 is 0.164 bits per heavy atom. The molecule has 0 aliphatic heterocycles. The molecule has 0 aromatic heterocycles. The quantitative estimate of drug-likeness (QED) is 0.146. The van der Waals surface area contributed by atoms with Crippen LogP contribution in [-0.4, -0.2) is 0 Å². The largest absolute Gasteiger partial charge is 0.0875 e. The topological polar surface area (TPSA) is 0 Å². The Morgan fingerprint density at radius 2 is 0.356 bits per heavy atom. The average Bonchev–Trinajstić information content (AvgIpc) is 3.46. The van der Waals surface area contributed by atoms with Crippen LogP contribution in [0.25, 0.3) is 131 Å². The van der Waals surface area contributed by atoms with Crippen molar-refractivity contribution in [2.24, 2.45) is 0 Å². The van der Waals surface area contributed by atoms with Gasteiger partial charge in [-0.15, -0.1) is 0 Å². The van der Waals surface area contributed by atoms with Crippen molar-refractivity contribution in [2.75, 3.05) is 0 Å². The number of benzene rings is 14. The molecule has 0 radical (unpaired) electrons. The fourth-order valence-corrected chi connectivity index (χ4v) is 12.8. The number of hydrogen-bond donors (Lipinski definition) is 0. The van der Waals surface area contributed by atoms with E-state index in [1.807, 2.05) is 11.8 Å². The molecule has 73 heavy (non-hydrogen) atoms. The third-order valence-corrected chi connectivity index (χ3v) is 16.2. The molecule has 0 amide bonds. The molecule has 0 bridgehead atoms. The molecule has 0 heterocycles. The first-order chi connectivity index (χ1) is 36.2. The van der Waals surface area contributed by atoms with Gasteiger partial charge in [0, 0.05) is 9.79 Å². The van der Waals surface area contributed by atoms with Gasteiger partial charge in [0.25, 0.3) is 0 Å². The summed E-state index contributed by atoms with van der Waals surface area (Å²) in [5.41, 5.74) is 14.4. The first-order valence-electron chi connectivity index (χ1n) is 25.1. The van der Waals surface area contributed by atoms with E-state index in [0.717, 1.165) is 0 Å². The molecule has 0 saturated heterocycles. The molecule has 0 aliphatic rings. The zero-order valence-corrected chi connectivity index (χ0v) is 40.8. The van der Waals surface area contributed by atoms with Crippen LogP contribution in [0.5, 0.6) is 0 Å². The van der Waals surface area contributed by atoms with Crippen molar-refractivity contribution >= 4 is 76.4 Å². The molecular formula is C72H46S. The number of rotatable bonds is 8. The predicted octanol–water partition coefficient (Wildman–Crippen LogP) is 20.8. The third kappa shape index (κ3) is 7.48. The van der Waals surface area contributed by atoms with Crippen molar-refractivity contribution in [1.82, 2.24) is 0 Å². The van der Waals surface area contributed by atoms with Gasteiger partial charge in [-0.2, -0.15) is 0 Å².